The number of nitrogens with one attached hydrogen (secondary N) is 1. The van der Waals surface area contributed by atoms with E-state index in [1.54, 1.807) is 0 Å². The lowest BCUT2D eigenvalue weighted by Gasteiger charge is -2.16. The molecule has 0 aliphatic carbocycles. The number of hydrogen-bond donors (Lipinski definition) is 3. The molecule has 1 saturated heterocycles. The second-order valence-corrected chi connectivity index (χ2v) is 7.79. The van der Waals surface area contributed by atoms with Crippen LogP contribution in [0, 0.1) is 0 Å². The summed E-state index contributed by atoms with van der Waals surface area (Å²) >= 11 is 0. The van der Waals surface area contributed by atoms with Crippen molar-refractivity contribution in [3.8, 4) is 11.5 Å². The van der Waals surface area contributed by atoms with Gasteiger partial charge in [-0.3, -0.25) is 0 Å². The highest BCUT2D eigenvalue weighted by Gasteiger charge is 2.30. The highest BCUT2D eigenvalue weighted by atomic mass is 16.3. The van der Waals surface area contributed by atoms with Gasteiger partial charge in [0, 0.05) is 23.7 Å². The molecule has 2 rings (SSSR count). The van der Waals surface area contributed by atoms with Gasteiger partial charge in [-0.05, 0) is 64.5 Å². The third-order valence-corrected chi connectivity index (χ3v) is 5.06. The summed E-state index contributed by atoms with van der Waals surface area (Å²) < 4.78 is 0. The molecular weight excluding hydrogens is 322 g/mol. The number of benzene rings is 1. The van der Waals surface area contributed by atoms with Crippen LogP contribution >= 0.6 is 0 Å². The molecule has 0 bridgehead atoms. The summed E-state index contributed by atoms with van der Waals surface area (Å²) in [4.78, 5) is 0. The minimum absolute atomic E-state index is 0.228. The number of phenolic OH excluding ortho intramolecular Hbond substituents is 2. The van der Waals surface area contributed by atoms with Crippen molar-refractivity contribution in [3.05, 3.63) is 46.1 Å². The third kappa shape index (κ3) is 5.91. The van der Waals surface area contributed by atoms with Gasteiger partial charge in [0.2, 0.25) is 0 Å². The van der Waals surface area contributed by atoms with Gasteiger partial charge in [0.1, 0.15) is 11.5 Å². The Hall–Kier alpha value is -1.74. The molecule has 144 valence electrons. The van der Waals surface area contributed by atoms with Gasteiger partial charge in [-0.25, -0.2) is 0 Å². The summed E-state index contributed by atoms with van der Waals surface area (Å²) in [5, 5.41) is 24.6. The van der Waals surface area contributed by atoms with Crippen molar-refractivity contribution in [2.75, 3.05) is 6.54 Å². The number of allylic oxidation sites excluding steroid dienone is 4. The zero-order chi connectivity index (χ0) is 19.1. The van der Waals surface area contributed by atoms with Crippen molar-refractivity contribution in [3.63, 3.8) is 0 Å². The number of unbranched alkanes of at least 4 members (excludes halogenated alkanes) is 2. The average Bonchev–Trinajstić information content (AvgIpc) is 3.39. The first-order valence-electron chi connectivity index (χ1n) is 10.0. The predicted molar refractivity (Wildman–Crippen MR) is 110 cm³/mol. The molecule has 1 aromatic rings. The van der Waals surface area contributed by atoms with E-state index in [4.69, 9.17) is 0 Å². The normalized spacial score (nSPS) is 16.6. The highest BCUT2D eigenvalue weighted by Crippen LogP contribution is 2.41. The molecule has 1 aromatic carbocycles. The van der Waals surface area contributed by atoms with Gasteiger partial charge in [0.25, 0.3) is 0 Å². The van der Waals surface area contributed by atoms with Crippen molar-refractivity contribution in [2.24, 2.45) is 0 Å². The fourth-order valence-electron chi connectivity index (χ4n) is 3.36. The smallest absolute Gasteiger partial charge is 0.127 e. The van der Waals surface area contributed by atoms with Crippen LogP contribution in [0.15, 0.2) is 29.4 Å². The molecular formula is C23H35NO2. The number of hydrogen-bond acceptors (Lipinski definition) is 3. The maximum Gasteiger partial charge on any atom is 0.127 e. The fourth-order valence-corrected chi connectivity index (χ4v) is 3.36. The van der Waals surface area contributed by atoms with Crippen molar-refractivity contribution in [1.29, 1.82) is 0 Å². The number of rotatable bonds is 10. The van der Waals surface area contributed by atoms with Crippen LogP contribution in [-0.4, -0.2) is 16.8 Å². The Morgan fingerprint density at radius 2 is 1.92 bits per heavy atom. The Balaban J connectivity index is 2.15. The summed E-state index contributed by atoms with van der Waals surface area (Å²) in [5.74, 6) is 0.520. The summed E-state index contributed by atoms with van der Waals surface area (Å²) in [6.07, 6.45) is 11.4. The predicted octanol–water partition coefficient (Wildman–Crippen LogP) is 5.71. The monoisotopic (exact) mass is 357 g/mol. The Bertz CT molecular complexity index is 665. The molecule has 1 atom stereocenters. The van der Waals surface area contributed by atoms with Crippen LogP contribution in [0.2, 0.25) is 0 Å². The van der Waals surface area contributed by atoms with E-state index in [0.29, 0.717) is 17.7 Å². The molecule has 0 saturated carbocycles. The van der Waals surface area contributed by atoms with Gasteiger partial charge in [0.05, 0.1) is 0 Å². The number of aryl methyl sites for hydroxylation is 1. The van der Waals surface area contributed by atoms with Crippen LogP contribution in [0.4, 0.5) is 0 Å². The Morgan fingerprint density at radius 3 is 2.54 bits per heavy atom. The van der Waals surface area contributed by atoms with Crippen molar-refractivity contribution < 1.29 is 10.2 Å². The van der Waals surface area contributed by atoms with Gasteiger partial charge < -0.3 is 15.5 Å². The van der Waals surface area contributed by atoms with E-state index in [1.807, 2.05) is 6.07 Å². The summed E-state index contributed by atoms with van der Waals surface area (Å²) in [7, 11) is 0. The molecule has 1 fully saturated rings. The van der Waals surface area contributed by atoms with E-state index >= 15 is 0 Å². The SMILES string of the molecule is CCCCCc1cc(O)c(CC=C(C)CCC=C(C)C)c(O)c1C1CN1. The van der Waals surface area contributed by atoms with Crippen LogP contribution in [0.3, 0.4) is 0 Å². The van der Waals surface area contributed by atoms with E-state index in [9.17, 15) is 10.2 Å². The number of phenols is 2. The molecule has 0 spiro atoms. The first kappa shape index (κ1) is 20.6. The van der Waals surface area contributed by atoms with Crippen LogP contribution in [-0.2, 0) is 12.8 Å². The quantitative estimate of drug-likeness (QED) is 0.285. The maximum absolute atomic E-state index is 10.8. The molecule has 1 aliphatic rings. The topological polar surface area (TPSA) is 62.4 Å². The van der Waals surface area contributed by atoms with E-state index < -0.39 is 0 Å². The fraction of sp³-hybridized carbons (Fsp3) is 0.565. The minimum Gasteiger partial charge on any atom is -0.508 e. The molecule has 0 amide bonds. The van der Waals surface area contributed by atoms with Crippen molar-refractivity contribution in [1.82, 2.24) is 5.32 Å². The molecule has 1 unspecified atom stereocenters. The van der Waals surface area contributed by atoms with Crippen LogP contribution in [0.5, 0.6) is 11.5 Å². The molecule has 26 heavy (non-hydrogen) atoms. The van der Waals surface area contributed by atoms with E-state index in [2.05, 4.69) is 45.2 Å². The molecule has 3 N–H and O–H groups in total. The second kappa shape index (κ2) is 9.82. The lowest BCUT2D eigenvalue weighted by atomic mass is 9.93. The minimum atomic E-state index is 0.228. The summed E-state index contributed by atoms with van der Waals surface area (Å²) in [6, 6.07) is 2.13. The summed E-state index contributed by atoms with van der Waals surface area (Å²) in [6.45, 7) is 9.45. The Morgan fingerprint density at radius 1 is 1.19 bits per heavy atom. The maximum atomic E-state index is 10.8. The molecule has 3 nitrogen and oxygen atoms in total. The third-order valence-electron chi connectivity index (χ3n) is 5.06. The largest absolute Gasteiger partial charge is 0.508 e. The van der Waals surface area contributed by atoms with E-state index in [-0.39, 0.29) is 11.8 Å². The average molecular weight is 358 g/mol. The van der Waals surface area contributed by atoms with Crippen molar-refractivity contribution >= 4 is 0 Å². The second-order valence-electron chi connectivity index (χ2n) is 7.79. The van der Waals surface area contributed by atoms with Gasteiger partial charge >= 0.3 is 0 Å². The molecule has 0 aromatic heterocycles. The zero-order valence-corrected chi connectivity index (χ0v) is 16.9. The highest BCUT2D eigenvalue weighted by molar-refractivity contribution is 5.56. The van der Waals surface area contributed by atoms with Crippen LogP contribution < -0.4 is 5.32 Å². The van der Waals surface area contributed by atoms with Crippen LogP contribution in [0.1, 0.15) is 82.5 Å². The van der Waals surface area contributed by atoms with E-state index in [0.717, 1.165) is 43.4 Å². The summed E-state index contributed by atoms with van der Waals surface area (Å²) in [5.41, 5.74) is 5.39. The van der Waals surface area contributed by atoms with Gasteiger partial charge in [-0.2, -0.15) is 0 Å². The van der Waals surface area contributed by atoms with Gasteiger partial charge in [-0.15, -0.1) is 0 Å². The van der Waals surface area contributed by atoms with E-state index in [1.165, 1.54) is 24.0 Å². The van der Waals surface area contributed by atoms with Gasteiger partial charge in [0.15, 0.2) is 0 Å². The Labute approximate surface area is 158 Å². The van der Waals surface area contributed by atoms with Crippen molar-refractivity contribution in [2.45, 2.75) is 78.7 Å². The lowest BCUT2D eigenvalue weighted by Crippen LogP contribution is -2.00. The molecule has 1 heterocycles. The molecule has 0 radical (unpaired) electrons. The standard InChI is InChI=1S/C23H35NO2/c1-5-6-7-11-18-14-21(25)19(23(26)22(18)20-15-24-20)13-12-17(4)10-8-9-16(2)3/h9,12,14,20,24-26H,5-8,10-11,13,15H2,1-4H3. The zero-order valence-electron chi connectivity index (χ0n) is 16.9. The first-order chi connectivity index (χ1) is 12.4. The molecule has 1 aliphatic heterocycles. The lowest BCUT2D eigenvalue weighted by molar-refractivity contribution is 0.434. The molecule has 3 heteroatoms. The van der Waals surface area contributed by atoms with Gasteiger partial charge in [-0.1, -0.05) is 43.1 Å². The Kier molecular flexibility index (Phi) is 7.77. The first-order valence-corrected chi connectivity index (χ1v) is 10.0. The number of aromatic hydroxyl groups is 2. The van der Waals surface area contributed by atoms with Crippen LogP contribution in [0.25, 0.3) is 0 Å².